The molecule has 0 aliphatic rings. The molecule has 0 aromatic rings. The van der Waals surface area contributed by atoms with E-state index in [9.17, 15) is 27.2 Å². The SMILES string of the molecule is FC(F)=C(F)F.O=C(O)/C=C\C(=O)O. The number of rotatable bonds is 2. The van der Waals surface area contributed by atoms with Crippen LogP contribution in [0.3, 0.4) is 0 Å². The van der Waals surface area contributed by atoms with Gasteiger partial charge in [-0.1, -0.05) is 0 Å². The van der Waals surface area contributed by atoms with E-state index in [0.29, 0.717) is 12.2 Å². The fourth-order valence-electron chi connectivity index (χ4n) is 0.143. The summed E-state index contributed by atoms with van der Waals surface area (Å²) in [6.07, 6.45) is -4.70. The maximum absolute atomic E-state index is 10.3. The summed E-state index contributed by atoms with van der Waals surface area (Å²) in [5, 5.41) is 15.6. The van der Waals surface area contributed by atoms with Crippen LogP contribution in [0.1, 0.15) is 0 Å². The predicted molar refractivity (Wildman–Crippen MR) is 35.9 cm³/mol. The average molecular weight is 216 g/mol. The summed E-state index contributed by atoms with van der Waals surface area (Å²) in [5.41, 5.74) is 0. The first-order valence-electron chi connectivity index (χ1n) is 2.77. The van der Waals surface area contributed by atoms with Gasteiger partial charge in [-0.3, -0.25) is 0 Å². The quantitative estimate of drug-likeness (QED) is 0.544. The van der Waals surface area contributed by atoms with Gasteiger partial charge in [0.2, 0.25) is 0 Å². The highest BCUT2D eigenvalue weighted by atomic mass is 19.3. The molecule has 2 N–H and O–H groups in total. The van der Waals surface area contributed by atoms with Crippen LogP contribution in [0.25, 0.3) is 0 Å². The molecule has 0 bridgehead atoms. The van der Waals surface area contributed by atoms with Gasteiger partial charge in [-0.15, -0.1) is 0 Å². The highest BCUT2D eigenvalue weighted by Gasteiger charge is 1.98. The Labute approximate surface area is 74.8 Å². The lowest BCUT2D eigenvalue weighted by molar-refractivity contribution is -0.134. The van der Waals surface area contributed by atoms with Gasteiger partial charge in [0, 0.05) is 12.2 Å². The number of carboxylic acids is 2. The third-order valence-electron chi connectivity index (χ3n) is 0.511. The summed E-state index contributed by atoms with van der Waals surface area (Å²) in [6, 6.07) is 0. The molecule has 8 heteroatoms. The minimum absolute atomic E-state index is 0.558. The first kappa shape index (κ1) is 14.7. The van der Waals surface area contributed by atoms with Crippen LogP contribution < -0.4 is 0 Å². The van der Waals surface area contributed by atoms with E-state index in [-0.39, 0.29) is 0 Å². The van der Waals surface area contributed by atoms with Gasteiger partial charge < -0.3 is 10.2 Å². The van der Waals surface area contributed by atoms with Crippen LogP contribution in [0, 0.1) is 0 Å². The minimum Gasteiger partial charge on any atom is -0.478 e. The minimum atomic E-state index is -2.91. The summed E-state index contributed by atoms with van der Waals surface area (Å²) < 4.78 is 41.1. The van der Waals surface area contributed by atoms with Crippen LogP contribution in [-0.4, -0.2) is 22.2 Å². The zero-order valence-corrected chi connectivity index (χ0v) is 6.38. The molecular formula is C6H4F4O4. The van der Waals surface area contributed by atoms with E-state index in [2.05, 4.69) is 0 Å². The molecule has 4 nitrogen and oxygen atoms in total. The van der Waals surface area contributed by atoms with E-state index in [1.54, 1.807) is 0 Å². The molecule has 0 saturated heterocycles. The second-order valence-corrected chi connectivity index (χ2v) is 1.53. The molecule has 0 fully saturated rings. The molecule has 0 heterocycles. The fraction of sp³-hybridized carbons (Fsp3) is 0. The Balaban J connectivity index is 0. The number of hydrogen-bond acceptors (Lipinski definition) is 2. The van der Waals surface area contributed by atoms with Crippen molar-refractivity contribution in [2.24, 2.45) is 0 Å². The van der Waals surface area contributed by atoms with Crippen LogP contribution in [0.2, 0.25) is 0 Å². The van der Waals surface area contributed by atoms with E-state index in [1.807, 2.05) is 0 Å². The van der Waals surface area contributed by atoms with Gasteiger partial charge in [-0.05, 0) is 0 Å². The molecule has 0 saturated carbocycles. The van der Waals surface area contributed by atoms with E-state index in [0.717, 1.165) is 0 Å². The molecule has 0 rings (SSSR count). The summed E-state index contributed by atoms with van der Waals surface area (Å²) in [5.74, 6) is -2.51. The summed E-state index contributed by atoms with van der Waals surface area (Å²) >= 11 is 0. The maximum atomic E-state index is 10.3. The Hall–Kier alpha value is -1.86. The summed E-state index contributed by atoms with van der Waals surface area (Å²) in [6.45, 7) is 0. The Morgan fingerprint density at radius 1 is 0.786 bits per heavy atom. The highest BCUT2D eigenvalue weighted by Crippen LogP contribution is 2.08. The molecule has 0 spiro atoms. The molecule has 14 heavy (non-hydrogen) atoms. The van der Waals surface area contributed by atoms with E-state index in [1.165, 1.54) is 0 Å². The van der Waals surface area contributed by atoms with Gasteiger partial charge in [-0.2, -0.15) is 17.6 Å². The van der Waals surface area contributed by atoms with Crippen molar-refractivity contribution >= 4 is 11.9 Å². The van der Waals surface area contributed by atoms with Gasteiger partial charge in [0.15, 0.2) is 0 Å². The van der Waals surface area contributed by atoms with Crippen molar-refractivity contribution < 1.29 is 37.4 Å². The molecule has 0 aliphatic heterocycles. The number of carbonyl (C=O) groups is 2. The molecule has 0 aliphatic carbocycles. The lowest BCUT2D eigenvalue weighted by atomic mass is 10.5. The zero-order chi connectivity index (χ0) is 11.7. The molecule has 80 valence electrons. The van der Waals surface area contributed by atoms with Gasteiger partial charge in [0.1, 0.15) is 0 Å². The Morgan fingerprint density at radius 2 is 1.00 bits per heavy atom. The molecule has 0 aromatic carbocycles. The first-order valence-corrected chi connectivity index (χ1v) is 2.77. The van der Waals surface area contributed by atoms with E-state index < -0.39 is 24.1 Å². The molecule has 0 amide bonds. The standard InChI is InChI=1S/C4H4O4.C2F4/c5-3(6)1-2-4(7)8;3-1(4)2(5)6/h1-2H,(H,5,6)(H,7,8);/b2-1-;. The van der Waals surface area contributed by atoms with Crippen molar-refractivity contribution in [1.29, 1.82) is 0 Å². The Bertz CT molecular complexity index is 237. The monoisotopic (exact) mass is 216 g/mol. The maximum Gasteiger partial charge on any atom is 0.334 e. The second-order valence-electron chi connectivity index (χ2n) is 1.53. The number of halogens is 4. The van der Waals surface area contributed by atoms with Crippen molar-refractivity contribution in [3.63, 3.8) is 0 Å². The van der Waals surface area contributed by atoms with Crippen LogP contribution in [0.5, 0.6) is 0 Å². The van der Waals surface area contributed by atoms with Gasteiger partial charge in [0.25, 0.3) is 0 Å². The molecule has 0 unspecified atom stereocenters. The number of hydrogen-bond donors (Lipinski definition) is 2. The molecule has 0 atom stereocenters. The topological polar surface area (TPSA) is 74.6 Å². The largest absolute Gasteiger partial charge is 0.478 e. The van der Waals surface area contributed by atoms with Crippen LogP contribution >= 0.6 is 0 Å². The normalized spacial score (nSPS) is 8.86. The van der Waals surface area contributed by atoms with Crippen LogP contribution in [0.4, 0.5) is 17.6 Å². The highest BCUT2D eigenvalue weighted by molar-refractivity contribution is 5.89. The van der Waals surface area contributed by atoms with E-state index in [4.69, 9.17) is 10.2 Å². The zero-order valence-electron chi connectivity index (χ0n) is 6.38. The Morgan fingerprint density at radius 3 is 1.07 bits per heavy atom. The summed E-state index contributed by atoms with van der Waals surface area (Å²) in [4.78, 5) is 19.1. The average Bonchev–Trinajstić information content (AvgIpc) is 2.01. The van der Waals surface area contributed by atoms with Gasteiger partial charge in [0.05, 0.1) is 0 Å². The van der Waals surface area contributed by atoms with Crippen LogP contribution in [-0.2, 0) is 9.59 Å². The fourth-order valence-corrected chi connectivity index (χ4v) is 0.143. The third-order valence-corrected chi connectivity index (χ3v) is 0.511. The van der Waals surface area contributed by atoms with Crippen molar-refractivity contribution in [3.05, 3.63) is 24.3 Å². The second kappa shape index (κ2) is 7.77. The predicted octanol–water partition coefficient (Wildman–Crippen LogP) is 1.70. The van der Waals surface area contributed by atoms with Crippen molar-refractivity contribution in [1.82, 2.24) is 0 Å². The summed E-state index contributed by atoms with van der Waals surface area (Å²) in [7, 11) is 0. The van der Waals surface area contributed by atoms with Gasteiger partial charge >= 0.3 is 24.1 Å². The molecule has 0 aromatic heterocycles. The molecule has 0 radical (unpaired) electrons. The molecular weight excluding hydrogens is 212 g/mol. The lowest BCUT2D eigenvalue weighted by Gasteiger charge is -1.74. The number of carboxylic acid groups (broad SMARTS) is 2. The third kappa shape index (κ3) is 16.6. The smallest absolute Gasteiger partial charge is 0.334 e. The van der Waals surface area contributed by atoms with Crippen LogP contribution in [0.15, 0.2) is 24.3 Å². The van der Waals surface area contributed by atoms with Crippen molar-refractivity contribution in [2.45, 2.75) is 0 Å². The lowest BCUT2D eigenvalue weighted by Crippen LogP contribution is -1.91. The van der Waals surface area contributed by atoms with Crippen molar-refractivity contribution in [2.75, 3.05) is 0 Å². The Kier molecular flexibility index (Phi) is 8.13. The van der Waals surface area contributed by atoms with Crippen molar-refractivity contribution in [3.8, 4) is 0 Å². The van der Waals surface area contributed by atoms with Gasteiger partial charge in [-0.25, -0.2) is 9.59 Å². The first-order chi connectivity index (χ1) is 6.27. The number of aliphatic carboxylic acids is 2. The van der Waals surface area contributed by atoms with E-state index >= 15 is 0 Å².